The Bertz CT molecular complexity index is 219. The van der Waals surface area contributed by atoms with Gasteiger partial charge in [0.15, 0.2) is 0 Å². The van der Waals surface area contributed by atoms with Crippen LogP contribution in [0.3, 0.4) is 0 Å². The van der Waals surface area contributed by atoms with Crippen LogP contribution in [0.1, 0.15) is 13.3 Å². The summed E-state index contributed by atoms with van der Waals surface area (Å²) in [6.45, 7) is 1.86. The first-order valence-corrected chi connectivity index (χ1v) is 3.22. The van der Waals surface area contributed by atoms with E-state index in [1.54, 1.807) is 12.2 Å². The molecular formula is C8H11NO. The van der Waals surface area contributed by atoms with Gasteiger partial charge in [0.1, 0.15) is 5.76 Å². The summed E-state index contributed by atoms with van der Waals surface area (Å²) in [5.74, 6) is 0.324. The number of aliphatic hydroxyl groups is 1. The predicted molar refractivity (Wildman–Crippen MR) is 41.4 cm³/mol. The number of nitrogens with two attached hydrogens (primary N) is 1. The molecule has 0 radical (unpaired) electrons. The first-order valence-electron chi connectivity index (χ1n) is 3.22. The molecule has 0 spiro atoms. The molecule has 0 aromatic rings. The molecule has 0 amide bonds. The highest BCUT2D eigenvalue weighted by atomic mass is 16.3. The molecule has 0 fully saturated rings. The van der Waals surface area contributed by atoms with Crippen LogP contribution in [-0.2, 0) is 0 Å². The van der Waals surface area contributed by atoms with Gasteiger partial charge in [0.2, 0.25) is 0 Å². The molecule has 0 aromatic carbocycles. The molecule has 0 aromatic heterocycles. The third-order valence-corrected chi connectivity index (χ3v) is 1.49. The molecule has 2 heteroatoms. The molecular weight excluding hydrogens is 126 g/mol. The molecule has 10 heavy (non-hydrogen) atoms. The highest BCUT2D eigenvalue weighted by molar-refractivity contribution is 5.34. The van der Waals surface area contributed by atoms with Crippen molar-refractivity contribution in [1.29, 1.82) is 0 Å². The zero-order valence-electron chi connectivity index (χ0n) is 5.96. The van der Waals surface area contributed by atoms with E-state index in [0.717, 1.165) is 17.7 Å². The van der Waals surface area contributed by atoms with E-state index < -0.39 is 0 Å². The van der Waals surface area contributed by atoms with Crippen molar-refractivity contribution in [3.8, 4) is 0 Å². The van der Waals surface area contributed by atoms with Gasteiger partial charge in [0, 0.05) is 5.70 Å². The molecule has 0 atom stereocenters. The summed E-state index contributed by atoms with van der Waals surface area (Å²) in [6.07, 6.45) is 5.97. The Balaban J connectivity index is 2.79. The molecule has 1 aliphatic rings. The van der Waals surface area contributed by atoms with Gasteiger partial charge in [-0.3, -0.25) is 0 Å². The van der Waals surface area contributed by atoms with Crippen molar-refractivity contribution in [3.05, 3.63) is 35.3 Å². The molecule has 0 aliphatic heterocycles. The molecule has 0 bridgehead atoms. The van der Waals surface area contributed by atoms with Crippen molar-refractivity contribution in [2.24, 2.45) is 5.73 Å². The average molecular weight is 137 g/mol. The van der Waals surface area contributed by atoms with Gasteiger partial charge in [-0.15, -0.1) is 0 Å². The highest BCUT2D eigenvalue weighted by Crippen LogP contribution is 2.14. The first-order chi connectivity index (χ1) is 4.70. The Kier molecular flexibility index (Phi) is 1.81. The number of hydrogen-bond donors (Lipinski definition) is 2. The van der Waals surface area contributed by atoms with Crippen LogP contribution in [0.5, 0.6) is 0 Å². The molecule has 0 saturated heterocycles. The van der Waals surface area contributed by atoms with Crippen LogP contribution >= 0.6 is 0 Å². The van der Waals surface area contributed by atoms with Gasteiger partial charge >= 0.3 is 0 Å². The summed E-state index contributed by atoms with van der Waals surface area (Å²) in [5, 5.41) is 8.92. The maximum atomic E-state index is 8.92. The molecule has 1 aliphatic carbocycles. The molecule has 54 valence electrons. The minimum absolute atomic E-state index is 0.324. The SMILES string of the molecule is C/C(N)=C1\C=CC(O)=CC1. The molecule has 2 nitrogen and oxygen atoms in total. The zero-order valence-corrected chi connectivity index (χ0v) is 5.96. The van der Waals surface area contributed by atoms with Crippen molar-refractivity contribution >= 4 is 0 Å². The summed E-state index contributed by atoms with van der Waals surface area (Å²) < 4.78 is 0. The van der Waals surface area contributed by atoms with Crippen molar-refractivity contribution in [1.82, 2.24) is 0 Å². The van der Waals surface area contributed by atoms with Crippen molar-refractivity contribution < 1.29 is 5.11 Å². The average Bonchev–Trinajstić information content (AvgIpc) is 1.88. The van der Waals surface area contributed by atoms with Gasteiger partial charge in [-0.05, 0) is 31.1 Å². The van der Waals surface area contributed by atoms with E-state index in [-0.39, 0.29) is 0 Å². The van der Waals surface area contributed by atoms with Gasteiger partial charge < -0.3 is 10.8 Å². The molecule has 0 unspecified atom stereocenters. The number of rotatable bonds is 0. The van der Waals surface area contributed by atoms with E-state index in [4.69, 9.17) is 10.8 Å². The van der Waals surface area contributed by atoms with Crippen molar-refractivity contribution in [2.45, 2.75) is 13.3 Å². The van der Waals surface area contributed by atoms with Gasteiger partial charge in [0.05, 0.1) is 0 Å². The lowest BCUT2D eigenvalue weighted by molar-refractivity contribution is 0.429. The summed E-state index contributed by atoms with van der Waals surface area (Å²) >= 11 is 0. The van der Waals surface area contributed by atoms with Gasteiger partial charge in [-0.25, -0.2) is 0 Å². The topological polar surface area (TPSA) is 46.2 Å². The Morgan fingerprint density at radius 1 is 1.60 bits per heavy atom. The molecule has 0 saturated carbocycles. The van der Waals surface area contributed by atoms with Crippen molar-refractivity contribution in [2.75, 3.05) is 0 Å². The molecule has 0 heterocycles. The van der Waals surface area contributed by atoms with Gasteiger partial charge in [0.25, 0.3) is 0 Å². The summed E-state index contributed by atoms with van der Waals surface area (Å²) in [6, 6.07) is 0. The zero-order chi connectivity index (χ0) is 7.56. The first kappa shape index (κ1) is 6.93. The fraction of sp³-hybridized carbons (Fsp3) is 0.250. The van der Waals surface area contributed by atoms with Crippen LogP contribution in [0.2, 0.25) is 0 Å². The Labute approximate surface area is 60.4 Å². The van der Waals surface area contributed by atoms with E-state index in [1.807, 2.05) is 13.0 Å². The van der Waals surface area contributed by atoms with E-state index >= 15 is 0 Å². The summed E-state index contributed by atoms with van der Waals surface area (Å²) in [4.78, 5) is 0. The Hall–Kier alpha value is -1.18. The largest absolute Gasteiger partial charge is 0.508 e. The molecule has 3 N–H and O–H groups in total. The molecule has 1 rings (SSSR count). The van der Waals surface area contributed by atoms with Crippen molar-refractivity contribution in [3.63, 3.8) is 0 Å². The lowest BCUT2D eigenvalue weighted by Crippen LogP contribution is -1.98. The number of hydrogen-bond acceptors (Lipinski definition) is 2. The second-order valence-electron chi connectivity index (χ2n) is 2.37. The van der Waals surface area contributed by atoms with Gasteiger partial charge in [-0.1, -0.05) is 6.08 Å². The van der Waals surface area contributed by atoms with Crippen LogP contribution < -0.4 is 5.73 Å². The van der Waals surface area contributed by atoms with Crippen LogP contribution in [0.25, 0.3) is 0 Å². The maximum Gasteiger partial charge on any atom is 0.111 e. The summed E-state index contributed by atoms with van der Waals surface area (Å²) in [5.41, 5.74) is 7.43. The fourth-order valence-corrected chi connectivity index (χ4v) is 0.829. The van der Waals surface area contributed by atoms with E-state index in [9.17, 15) is 0 Å². The van der Waals surface area contributed by atoms with Crippen LogP contribution in [0.15, 0.2) is 35.3 Å². The standard InChI is InChI=1S/C8H11NO/c1-6(9)7-2-4-8(10)5-3-7/h2,4-5,10H,3,9H2,1H3/b7-6-. The fourth-order valence-electron chi connectivity index (χ4n) is 0.829. The van der Waals surface area contributed by atoms with E-state index in [1.165, 1.54) is 0 Å². The number of aliphatic hydroxyl groups excluding tert-OH is 1. The Morgan fingerprint density at radius 3 is 2.70 bits per heavy atom. The lowest BCUT2D eigenvalue weighted by atomic mass is 10.1. The smallest absolute Gasteiger partial charge is 0.111 e. The van der Waals surface area contributed by atoms with E-state index in [0.29, 0.717) is 5.76 Å². The Morgan fingerprint density at radius 2 is 2.30 bits per heavy atom. The lowest BCUT2D eigenvalue weighted by Gasteiger charge is -2.05. The predicted octanol–water partition coefficient (Wildman–Crippen LogP) is 1.62. The normalized spacial score (nSPS) is 22.3. The monoisotopic (exact) mass is 137 g/mol. The highest BCUT2D eigenvalue weighted by Gasteiger charge is 1.99. The van der Waals surface area contributed by atoms with Crippen LogP contribution in [0, 0.1) is 0 Å². The second kappa shape index (κ2) is 2.60. The minimum atomic E-state index is 0.324. The van der Waals surface area contributed by atoms with Crippen LogP contribution in [-0.4, -0.2) is 5.11 Å². The summed E-state index contributed by atoms with van der Waals surface area (Å²) in [7, 11) is 0. The maximum absolute atomic E-state index is 8.92. The number of allylic oxidation sites excluding steroid dienone is 5. The van der Waals surface area contributed by atoms with E-state index in [2.05, 4.69) is 0 Å². The quantitative estimate of drug-likeness (QED) is 0.533. The third-order valence-electron chi connectivity index (χ3n) is 1.49. The minimum Gasteiger partial charge on any atom is -0.508 e. The van der Waals surface area contributed by atoms with Crippen LogP contribution in [0.4, 0.5) is 0 Å². The third kappa shape index (κ3) is 1.41. The van der Waals surface area contributed by atoms with Gasteiger partial charge in [-0.2, -0.15) is 0 Å². The second-order valence-corrected chi connectivity index (χ2v) is 2.37.